The molecule has 0 saturated heterocycles. The fraction of sp³-hybridized carbons (Fsp3) is 0.111. The largest absolute Gasteiger partial charge is 0.573 e. The number of rotatable bonds is 4. The minimum Gasteiger partial charge on any atom is -0.405 e. The predicted molar refractivity (Wildman–Crippen MR) is 91.4 cm³/mol. The lowest BCUT2D eigenvalue weighted by Crippen LogP contribution is -2.17. The summed E-state index contributed by atoms with van der Waals surface area (Å²) in [6.45, 7) is 0. The van der Waals surface area contributed by atoms with E-state index in [0.29, 0.717) is 22.0 Å². The Morgan fingerprint density at radius 2 is 1.72 bits per heavy atom. The Morgan fingerprint density at radius 1 is 0.960 bits per heavy atom. The second-order valence-electron chi connectivity index (χ2n) is 5.05. The Morgan fingerprint density at radius 3 is 2.48 bits per heavy atom. The summed E-state index contributed by atoms with van der Waals surface area (Å²) in [5.41, 5.74) is 2.47. The third kappa shape index (κ3) is 4.30. The van der Waals surface area contributed by atoms with Gasteiger partial charge in [-0.3, -0.25) is 0 Å². The highest BCUT2D eigenvalue weighted by atomic mass is 32.2. The molecule has 0 radical (unpaired) electrons. The van der Waals surface area contributed by atoms with Crippen molar-refractivity contribution in [2.75, 3.05) is 6.26 Å². The van der Waals surface area contributed by atoms with Gasteiger partial charge in [0.05, 0.1) is 5.69 Å². The quantitative estimate of drug-likeness (QED) is 0.458. The maximum absolute atomic E-state index is 12.6. The number of thioether (sulfide) groups is 1. The van der Waals surface area contributed by atoms with E-state index in [-0.39, 0.29) is 5.75 Å². The summed E-state index contributed by atoms with van der Waals surface area (Å²) >= 11 is 1.42. The number of alkyl halides is 3. The standard InChI is InChI=1S/C18H13F3N2OS/c1-25-17-22-10-9-15(23-17)13-6-4-5-12(11-13)14-7-2-3-8-16(14)24-18(19,20)21/h2-11H,1H3. The highest BCUT2D eigenvalue weighted by Gasteiger charge is 2.32. The summed E-state index contributed by atoms with van der Waals surface area (Å²) in [5, 5.41) is 0.628. The average molecular weight is 362 g/mol. The highest BCUT2D eigenvalue weighted by Crippen LogP contribution is 2.35. The van der Waals surface area contributed by atoms with Gasteiger partial charge in [-0.25, -0.2) is 9.97 Å². The molecular formula is C18H13F3N2OS. The van der Waals surface area contributed by atoms with Gasteiger partial charge in [0.25, 0.3) is 0 Å². The summed E-state index contributed by atoms with van der Waals surface area (Å²) in [5.74, 6) is -0.236. The van der Waals surface area contributed by atoms with Crippen LogP contribution in [0.4, 0.5) is 13.2 Å². The van der Waals surface area contributed by atoms with Crippen molar-refractivity contribution in [3.05, 3.63) is 60.8 Å². The molecule has 0 fully saturated rings. The molecule has 0 amide bonds. The number of benzene rings is 2. The molecule has 1 heterocycles. The highest BCUT2D eigenvalue weighted by molar-refractivity contribution is 7.98. The smallest absolute Gasteiger partial charge is 0.405 e. The van der Waals surface area contributed by atoms with Crippen LogP contribution in [-0.2, 0) is 0 Å². The summed E-state index contributed by atoms with van der Waals surface area (Å²) in [6, 6.07) is 15.0. The molecule has 0 atom stereocenters. The van der Waals surface area contributed by atoms with Crippen LogP contribution < -0.4 is 4.74 Å². The minimum absolute atomic E-state index is 0.236. The molecule has 3 rings (SSSR count). The molecule has 25 heavy (non-hydrogen) atoms. The lowest BCUT2D eigenvalue weighted by molar-refractivity contribution is -0.274. The van der Waals surface area contributed by atoms with Crippen molar-refractivity contribution < 1.29 is 17.9 Å². The summed E-state index contributed by atoms with van der Waals surface area (Å²) < 4.78 is 42.0. The van der Waals surface area contributed by atoms with Crippen LogP contribution in [-0.4, -0.2) is 22.6 Å². The van der Waals surface area contributed by atoms with Crippen molar-refractivity contribution in [3.63, 3.8) is 0 Å². The third-order valence-corrected chi connectivity index (χ3v) is 3.96. The maximum atomic E-state index is 12.6. The molecule has 0 unspecified atom stereocenters. The molecule has 0 aliphatic heterocycles. The Kier molecular flexibility index (Phi) is 4.94. The topological polar surface area (TPSA) is 35.0 Å². The van der Waals surface area contributed by atoms with E-state index in [1.807, 2.05) is 12.3 Å². The molecule has 0 aliphatic rings. The fourth-order valence-corrected chi connectivity index (χ4v) is 2.72. The van der Waals surface area contributed by atoms with Crippen molar-refractivity contribution in [3.8, 4) is 28.1 Å². The van der Waals surface area contributed by atoms with Crippen LogP contribution in [0.3, 0.4) is 0 Å². The van der Waals surface area contributed by atoms with Crippen molar-refractivity contribution in [1.29, 1.82) is 0 Å². The zero-order valence-electron chi connectivity index (χ0n) is 13.1. The molecule has 1 aromatic heterocycles. The average Bonchev–Trinajstić information content (AvgIpc) is 2.61. The summed E-state index contributed by atoms with van der Waals surface area (Å²) in [7, 11) is 0. The van der Waals surface area contributed by atoms with Gasteiger partial charge in [0.2, 0.25) is 0 Å². The molecular weight excluding hydrogens is 349 g/mol. The van der Waals surface area contributed by atoms with Gasteiger partial charge in [0.1, 0.15) is 5.75 Å². The van der Waals surface area contributed by atoms with Crippen LogP contribution in [0.2, 0.25) is 0 Å². The molecule has 128 valence electrons. The fourth-order valence-electron chi connectivity index (χ4n) is 2.36. The molecule has 2 aromatic carbocycles. The van der Waals surface area contributed by atoms with E-state index in [2.05, 4.69) is 14.7 Å². The Bertz CT molecular complexity index is 884. The lowest BCUT2D eigenvalue weighted by atomic mass is 10.0. The van der Waals surface area contributed by atoms with Crippen LogP contribution >= 0.6 is 11.8 Å². The number of para-hydroxylation sites is 1. The summed E-state index contributed by atoms with van der Waals surface area (Å²) in [6.07, 6.45) is -1.21. The molecule has 0 saturated carbocycles. The van der Waals surface area contributed by atoms with E-state index in [9.17, 15) is 13.2 Å². The first kappa shape index (κ1) is 17.3. The monoisotopic (exact) mass is 362 g/mol. The minimum atomic E-state index is -4.74. The van der Waals surface area contributed by atoms with Crippen molar-refractivity contribution in [2.45, 2.75) is 11.5 Å². The van der Waals surface area contributed by atoms with Crippen molar-refractivity contribution in [2.24, 2.45) is 0 Å². The van der Waals surface area contributed by atoms with E-state index in [1.165, 1.54) is 23.9 Å². The first-order valence-corrected chi connectivity index (χ1v) is 8.51. The van der Waals surface area contributed by atoms with Gasteiger partial charge >= 0.3 is 6.36 Å². The number of halogens is 3. The Hall–Kier alpha value is -2.54. The van der Waals surface area contributed by atoms with E-state index < -0.39 is 6.36 Å². The van der Waals surface area contributed by atoms with Gasteiger partial charge in [0, 0.05) is 17.3 Å². The van der Waals surface area contributed by atoms with Crippen LogP contribution in [0, 0.1) is 0 Å². The molecule has 0 N–H and O–H groups in total. The third-order valence-electron chi connectivity index (χ3n) is 3.40. The first-order valence-electron chi connectivity index (χ1n) is 7.29. The zero-order valence-corrected chi connectivity index (χ0v) is 13.9. The van der Waals surface area contributed by atoms with Crippen molar-refractivity contribution in [1.82, 2.24) is 9.97 Å². The lowest BCUT2D eigenvalue weighted by Gasteiger charge is -2.14. The van der Waals surface area contributed by atoms with Crippen molar-refractivity contribution >= 4 is 11.8 Å². The van der Waals surface area contributed by atoms with E-state index in [4.69, 9.17) is 0 Å². The number of hydrogen-bond acceptors (Lipinski definition) is 4. The SMILES string of the molecule is CSc1nccc(-c2cccc(-c3ccccc3OC(F)(F)F)c2)n1. The normalized spacial score (nSPS) is 11.4. The second kappa shape index (κ2) is 7.14. The van der Waals surface area contributed by atoms with Gasteiger partial charge in [-0.05, 0) is 30.0 Å². The number of ether oxygens (including phenoxy) is 1. The number of aromatic nitrogens is 2. The van der Waals surface area contributed by atoms with E-state index in [0.717, 1.165) is 5.56 Å². The van der Waals surface area contributed by atoms with Gasteiger partial charge < -0.3 is 4.74 Å². The van der Waals surface area contributed by atoms with Gasteiger partial charge in [-0.15, -0.1) is 13.2 Å². The Labute approximate surface area is 146 Å². The predicted octanol–water partition coefficient (Wildman–Crippen LogP) is 5.43. The molecule has 0 aliphatic carbocycles. The molecule has 0 spiro atoms. The van der Waals surface area contributed by atoms with E-state index >= 15 is 0 Å². The van der Waals surface area contributed by atoms with Crippen LogP contribution in [0.5, 0.6) is 5.75 Å². The van der Waals surface area contributed by atoms with Crippen LogP contribution in [0.25, 0.3) is 22.4 Å². The van der Waals surface area contributed by atoms with Gasteiger partial charge in [-0.2, -0.15) is 0 Å². The zero-order chi connectivity index (χ0) is 17.9. The summed E-state index contributed by atoms with van der Waals surface area (Å²) in [4.78, 5) is 8.54. The van der Waals surface area contributed by atoms with Crippen LogP contribution in [0.15, 0.2) is 66.0 Å². The van der Waals surface area contributed by atoms with Crippen LogP contribution in [0.1, 0.15) is 0 Å². The number of hydrogen-bond donors (Lipinski definition) is 0. The molecule has 3 aromatic rings. The number of nitrogens with zero attached hydrogens (tertiary/aromatic N) is 2. The molecule has 0 bridgehead atoms. The second-order valence-corrected chi connectivity index (χ2v) is 5.83. The Balaban J connectivity index is 2.03. The first-order chi connectivity index (χ1) is 12.0. The molecule has 3 nitrogen and oxygen atoms in total. The van der Waals surface area contributed by atoms with Gasteiger partial charge in [0.15, 0.2) is 5.16 Å². The maximum Gasteiger partial charge on any atom is 0.573 e. The van der Waals surface area contributed by atoms with Gasteiger partial charge in [-0.1, -0.05) is 48.2 Å². The van der Waals surface area contributed by atoms with E-state index in [1.54, 1.807) is 42.6 Å². The molecule has 7 heteroatoms.